The van der Waals surface area contributed by atoms with E-state index in [2.05, 4.69) is 41.6 Å². The number of piperazine rings is 1. The summed E-state index contributed by atoms with van der Waals surface area (Å²) in [5.41, 5.74) is 2.35. The molecule has 2 heterocycles. The number of nitrogens with zero attached hydrogens (tertiary/aromatic N) is 4. The first-order valence-electron chi connectivity index (χ1n) is 8.35. The summed E-state index contributed by atoms with van der Waals surface area (Å²) < 4.78 is 1.32. The molecule has 1 fully saturated rings. The third kappa shape index (κ3) is 4.39. The van der Waals surface area contributed by atoms with Crippen LogP contribution in [0, 0.1) is 10.1 Å². The summed E-state index contributed by atoms with van der Waals surface area (Å²) in [5, 5.41) is 17.9. The molecule has 2 aromatic rings. The number of nitrogens with one attached hydrogen (secondary N) is 1. The van der Waals surface area contributed by atoms with Crippen LogP contribution in [0.2, 0.25) is 0 Å². The number of aryl methyl sites for hydroxylation is 1. The molecule has 140 valence electrons. The van der Waals surface area contributed by atoms with E-state index in [1.54, 1.807) is 0 Å². The number of aromatic nitrogens is 2. The average molecular weight is 380 g/mol. The molecule has 1 aliphatic heterocycles. The summed E-state index contributed by atoms with van der Waals surface area (Å²) in [6, 6.07) is 9.56. The van der Waals surface area contributed by atoms with Gasteiger partial charge in [-0.3, -0.25) is 4.79 Å². The van der Waals surface area contributed by atoms with Crippen LogP contribution in [0.5, 0.6) is 0 Å². The van der Waals surface area contributed by atoms with Crippen molar-refractivity contribution in [2.24, 2.45) is 0 Å². The van der Waals surface area contributed by atoms with Crippen molar-refractivity contribution in [2.75, 3.05) is 19.6 Å². The molecule has 0 bridgehead atoms. The standard InChI is InChI=1S/C17H21N5O3.ClH/c1-2-13-3-5-14(6-4-13)15-11-18-8-10-21(15)17(23)12-20-9-7-16(19-20)22(24)25;/h3-7,9,15,18H,2,8,10-12H2,1H3;1H. The molecular formula is C17H22ClN5O3. The molecule has 1 aromatic heterocycles. The van der Waals surface area contributed by atoms with E-state index in [0.29, 0.717) is 13.1 Å². The van der Waals surface area contributed by atoms with Crippen LogP contribution < -0.4 is 5.32 Å². The number of halogens is 1. The second-order valence-electron chi connectivity index (χ2n) is 6.03. The fraction of sp³-hybridized carbons (Fsp3) is 0.412. The van der Waals surface area contributed by atoms with Crippen LogP contribution in [0.1, 0.15) is 24.1 Å². The van der Waals surface area contributed by atoms with Crippen LogP contribution in [0.25, 0.3) is 0 Å². The largest absolute Gasteiger partial charge is 0.389 e. The lowest BCUT2D eigenvalue weighted by atomic mass is 10.0. The summed E-state index contributed by atoms with van der Waals surface area (Å²) >= 11 is 0. The Labute approximate surface area is 157 Å². The van der Waals surface area contributed by atoms with Gasteiger partial charge in [-0.25, -0.2) is 0 Å². The fourth-order valence-corrected chi connectivity index (χ4v) is 3.04. The normalized spacial score (nSPS) is 16.8. The Morgan fingerprint density at radius 3 is 2.69 bits per heavy atom. The highest BCUT2D eigenvalue weighted by Crippen LogP contribution is 2.23. The molecule has 8 nitrogen and oxygen atoms in total. The van der Waals surface area contributed by atoms with Crippen molar-refractivity contribution < 1.29 is 9.72 Å². The molecule has 1 aliphatic rings. The summed E-state index contributed by atoms with van der Waals surface area (Å²) in [6.45, 7) is 4.13. The molecule has 1 atom stereocenters. The summed E-state index contributed by atoms with van der Waals surface area (Å²) in [7, 11) is 0. The van der Waals surface area contributed by atoms with Crippen LogP contribution in [0.15, 0.2) is 36.5 Å². The molecule has 1 aromatic carbocycles. The lowest BCUT2D eigenvalue weighted by molar-refractivity contribution is -0.389. The molecule has 1 unspecified atom stereocenters. The minimum absolute atomic E-state index is 0. The van der Waals surface area contributed by atoms with Crippen molar-refractivity contribution in [3.8, 4) is 0 Å². The second kappa shape index (κ2) is 8.77. The predicted molar refractivity (Wildman–Crippen MR) is 99.3 cm³/mol. The van der Waals surface area contributed by atoms with Crippen molar-refractivity contribution in [3.05, 3.63) is 57.8 Å². The maximum Gasteiger partial charge on any atom is 0.389 e. The summed E-state index contributed by atoms with van der Waals surface area (Å²) in [4.78, 5) is 24.7. The maximum absolute atomic E-state index is 12.7. The number of rotatable bonds is 5. The van der Waals surface area contributed by atoms with Crippen LogP contribution in [-0.4, -0.2) is 45.1 Å². The van der Waals surface area contributed by atoms with Gasteiger partial charge in [-0.1, -0.05) is 31.2 Å². The van der Waals surface area contributed by atoms with Gasteiger partial charge < -0.3 is 20.3 Å². The highest BCUT2D eigenvalue weighted by Gasteiger charge is 2.28. The van der Waals surface area contributed by atoms with E-state index in [0.717, 1.165) is 18.5 Å². The van der Waals surface area contributed by atoms with E-state index in [1.807, 2.05) is 4.90 Å². The van der Waals surface area contributed by atoms with E-state index >= 15 is 0 Å². The molecule has 9 heteroatoms. The highest BCUT2D eigenvalue weighted by molar-refractivity contribution is 5.85. The van der Waals surface area contributed by atoms with Gasteiger partial charge in [-0.2, -0.15) is 4.68 Å². The van der Waals surface area contributed by atoms with Crippen molar-refractivity contribution in [2.45, 2.75) is 25.9 Å². The number of nitro groups is 1. The highest BCUT2D eigenvalue weighted by atomic mass is 35.5. The van der Waals surface area contributed by atoms with Gasteiger partial charge in [0.2, 0.25) is 5.91 Å². The van der Waals surface area contributed by atoms with Gasteiger partial charge >= 0.3 is 5.82 Å². The fourth-order valence-electron chi connectivity index (χ4n) is 3.04. The van der Waals surface area contributed by atoms with Gasteiger partial charge in [0.1, 0.15) is 6.54 Å². The topological polar surface area (TPSA) is 93.3 Å². The summed E-state index contributed by atoms with van der Waals surface area (Å²) in [5.74, 6) is -0.344. The first kappa shape index (κ1) is 19.9. The number of carbonyl (C=O) groups is 1. The zero-order valence-corrected chi connectivity index (χ0v) is 15.3. The van der Waals surface area contributed by atoms with Gasteiger partial charge in [-0.15, -0.1) is 12.4 Å². The molecule has 26 heavy (non-hydrogen) atoms. The van der Waals surface area contributed by atoms with Crippen molar-refractivity contribution >= 4 is 24.1 Å². The third-order valence-electron chi connectivity index (χ3n) is 4.45. The first-order chi connectivity index (χ1) is 12.1. The molecule has 1 N–H and O–H groups in total. The Kier molecular flexibility index (Phi) is 6.70. The Bertz CT molecular complexity index is 762. The molecule has 0 saturated carbocycles. The number of hydrogen-bond acceptors (Lipinski definition) is 5. The van der Waals surface area contributed by atoms with E-state index in [9.17, 15) is 14.9 Å². The lowest BCUT2D eigenvalue weighted by Crippen LogP contribution is -2.49. The molecule has 0 radical (unpaired) electrons. The number of benzene rings is 1. The van der Waals surface area contributed by atoms with Crippen LogP contribution in [-0.2, 0) is 17.8 Å². The lowest BCUT2D eigenvalue weighted by Gasteiger charge is -2.36. The SMILES string of the molecule is CCc1ccc(C2CNCCN2C(=O)Cn2ccc([N+](=O)[O-])n2)cc1.Cl. The van der Waals surface area contributed by atoms with Crippen molar-refractivity contribution in [1.29, 1.82) is 0 Å². The zero-order valence-electron chi connectivity index (χ0n) is 14.5. The molecule has 3 rings (SSSR count). The van der Waals surface area contributed by atoms with Gasteiger partial charge in [0.05, 0.1) is 23.4 Å². The van der Waals surface area contributed by atoms with E-state index < -0.39 is 4.92 Å². The monoisotopic (exact) mass is 379 g/mol. The van der Waals surface area contributed by atoms with Crippen molar-refractivity contribution in [3.63, 3.8) is 0 Å². The molecular weight excluding hydrogens is 358 g/mol. The van der Waals surface area contributed by atoms with Crippen LogP contribution in [0.4, 0.5) is 5.82 Å². The van der Waals surface area contributed by atoms with Gasteiger partial charge in [0, 0.05) is 19.6 Å². The maximum atomic E-state index is 12.7. The van der Waals surface area contributed by atoms with Gasteiger partial charge in [-0.05, 0) is 22.5 Å². The molecule has 1 saturated heterocycles. The number of amides is 1. The van der Waals surface area contributed by atoms with Crippen LogP contribution >= 0.6 is 12.4 Å². The minimum Gasteiger partial charge on any atom is -0.358 e. The Hall–Kier alpha value is -2.45. The average Bonchev–Trinajstić information content (AvgIpc) is 3.10. The second-order valence-corrected chi connectivity index (χ2v) is 6.03. The minimum atomic E-state index is -0.566. The third-order valence-corrected chi connectivity index (χ3v) is 4.45. The van der Waals surface area contributed by atoms with E-state index in [-0.39, 0.29) is 36.7 Å². The molecule has 0 aliphatic carbocycles. The van der Waals surface area contributed by atoms with Gasteiger partial charge in [0.25, 0.3) is 0 Å². The Morgan fingerprint density at radius 2 is 2.08 bits per heavy atom. The van der Waals surface area contributed by atoms with Crippen molar-refractivity contribution in [1.82, 2.24) is 20.0 Å². The molecule has 1 amide bonds. The Morgan fingerprint density at radius 1 is 1.35 bits per heavy atom. The predicted octanol–water partition coefficient (Wildman–Crippen LogP) is 1.95. The van der Waals surface area contributed by atoms with E-state index in [4.69, 9.17) is 0 Å². The zero-order chi connectivity index (χ0) is 17.8. The number of hydrogen-bond donors (Lipinski definition) is 1. The van der Waals surface area contributed by atoms with Gasteiger partial charge in [0.15, 0.2) is 0 Å². The number of carbonyl (C=O) groups excluding carboxylic acids is 1. The first-order valence-corrected chi connectivity index (χ1v) is 8.35. The van der Waals surface area contributed by atoms with Crippen LogP contribution in [0.3, 0.4) is 0 Å². The molecule has 0 spiro atoms. The van der Waals surface area contributed by atoms with E-state index in [1.165, 1.54) is 22.5 Å². The Balaban J connectivity index is 0.00000243. The summed E-state index contributed by atoms with van der Waals surface area (Å²) in [6.07, 6.45) is 2.44. The quantitative estimate of drug-likeness (QED) is 0.633. The smallest absolute Gasteiger partial charge is 0.358 e.